The summed E-state index contributed by atoms with van der Waals surface area (Å²) in [6.07, 6.45) is -22.8. The van der Waals surface area contributed by atoms with Gasteiger partial charge in [-0.2, -0.15) is 65.9 Å². The Bertz CT molecular complexity index is 520. The van der Waals surface area contributed by atoms with Crippen molar-refractivity contribution in [1.82, 2.24) is 0 Å². The number of ether oxygens (including phenoxy) is 1. The molecule has 1 unspecified atom stereocenters. The molecule has 0 aliphatic rings. The molecule has 0 heterocycles. The van der Waals surface area contributed by atoms with Gasteiger partial charge in [0.15, 0.2) is 0 Å². The van der Waals surface area contributed by atoms with Crippen LogP contribution in [-0.2, 0) is 4.74 Å². The second-order valence-electron chi connectivity index (χ2n) is 4.43. The minimum atomic E-state index is -8.25. The minimum Gasteiger partial charge on any atom is -0.272 e. The fraction of sp³-hybridized carbons (Fsp3) is 1.00. The molecule has 1 atom stereocenters. The number of rotatable bonds is 5. The first-order valence-corrected chi connectivity index (χ1v) is 9.33. The lowest BCUT2D eigenvalue weighted by atomic mass is 10.3. The molecular formula is C7Cl2F16OSi. The second kappa shape index (κ2) is 6.58. The number of hydrogen-bond donors (Lipinski definition) is 0. The fourth-order valence-electron chi connectivity index (χ4n) is 1.10. The van der Waals surface area contributed by atoms with Crippen LogP contribution in [0.25, 0.3) is 0 Å². The number of alkyl halides is 16. The average Bonchev–Trinajstić information content (AvgIpc) is 2.33. The standard InChI is InChI=1S/C7Cl2F16OSi/c8-27(9,7(23,24)25)6(22,2(12,13)4(17,18)19)26-5(20,21)1(10,11)3(14,15)16. The van der Waals surface area contributed by atoms with Gasteiger partial charge in [-0.1, -0.05) is 0 Å². The Morgan fingerprint density at radius 3 is 1.04 bits per heavy atom. The zero-order chi connectivity index (χ0) is 22.7. The number of hydrogen-bond acceptors (Lipinski definition) is 1. The van der Waals surface area contributed by atoms with E-state index in [2.05, 4.69) is 22.2 Å². The first-order chi connectivity index (χ1) is 11.2. The van der Waals surface area contributed by atoms with Crippen LogP contribution in [0.4, 0.5) is 70.2 Å². The van der Waals surface area contributed by atoms with Gasteiger partial charge in [0.2, 0.25) is 0 Å². The molecule has 0 fully saturated rings. The predicted molar refractivity (Wildman–Crippen MR) is 55.4 cm³/mol. The molecule has 0 aromatic heterocycles. The summed E-state index contributed by atoms with van der Waals surface area (Å²) >= 11 is 8.04. The van der Waals surface area contributed by atoms with E-state index in [4.69, 9.17) is 0 Å². The predicted octanol–water partition coefficient (Wildman–Crippen LogP) is 6.22. The van der Waals surface area contributed by atoms with Crippen LogP contribution in [0, 0.1) is 0 Å². The van der Waals surface area contributed by atoms with Gasteiger partial charge in [-0.05, 0) is 0 Å². The van der Waals surface area contributed by atoms with Crippen molar-refractivity contribution in [3.63, 3.8) is 0 Å². The zero-order valence-electron chi connectivity index (χ0n) is 11.2. The van der Waals surface area contributed by atoms with Crippen molar-refractivity contribution in [2.75, 3.05) is 0 Å². The third-order valence-corrected chi connectivity index (χ3v) is 7.19. The molecule has 20 heteroatoms. The van der Waals surface area contributed by atoms with Gasteiger partial charge in [0.25, 0.3) is 0 Å². The van der Waals surface area contributed by atoms with Gasteiger partial charge in [-0.25, -0.2) is 4.39 Å². The van der Waals surface area contributed by atoms with Crippen molar-refractivity contribution < 1.29 is 75.0 Å². The minimum absolute atomic E-state index is 1.54. The second-order valence-corrected chi connectivity index (χ2v) is 10.8. The Kier molecular flexibility index (Phi) is 6.49. The Morgan fingerprint density at radius 2 is 0.815 bits per heavy atom. The average molecular weight is 503 g/mol. The largest absolute Gasteiger partial charge is 0.462 e. The van der Waals surface area contributed by atoms with Gasteiger partial charge in [-0.3, -0.25) is 4.74 Å². The molecule has 1 nitrogen and oxygen atoms in total. The van der Waals surface area contributed by atoms with Crippen molar-refractivity contribution in [1.29, 1.82) is 0 Å². The number of halogens is 18. The van der Waals surface area contributed by atoms with Crippen molar-refractivity contribution >= 4 is 28.9 Å². The maximum atomic E-state index is 14.0. The lowest BCUT2D eigenvalue weighted by Gasteiger charge is -2.42. The van der Waals surface area contributed by atoms with E-state index in [1.165, 1.54) is 4.74 Å². The van der Waals surface area contributed by atoms with E-state index in [0.29, 0.717) is 0 Å². The Hall–Kier alpha value is -0.363. The van der Waals surface area contributed by atoms with Crippen molar-refractivity contribution in [2.24, 2.45) is 0 Å². The third kappa shape index (κ3) is 4.03. The summed E-state index contributed by atoms with van der Waals surface area (Å²) in [7, 11) is 0. The monoisotopic (exact) mass is 502 g/mol. The Balaban J connectivity index is 6.79. The molecule has 0 aromatic carbocycles. The van der Waals surface area contributed by atoms with Gasteiger partial charge in [0.1, 0.15) is 0 Å². The Labute approximate surface area is 146 Å². The van der Waals surface area contributed by atoms with Crippen LogP contribution in [0.3, 0.4) is 0 Å². The van der Waals surface area contributed by atoms with Gasteiger partial charge < -0.3 is 0 Å². The smallest absolute Gasteiger partial charge is 0.272 e. The normalized spacial score (nSPS) is 18.4. The molecule has 0 aliphatic heterocycles. The highest BCUT2D eigenvalue weighted by molar-refractivity contribution is 7.47. The molecule has 0 radical (unpaired) electrons. The SMILES string of the molecule is FC(F)(F)C(F)(F)C(F)(F)OC(F)(C(F)(F)C(F)(F)F)[Si](Cl)(Cl)C(F)(F)F. The molecule has 0 N–H and O–H groups in total. The molecule has 0 aromatic rings. The van der Waals surface area contributed by atoms with E-state index >= 15 is 0 Å². The Morgan fingerprint density at radius 1 is 0.519 bits per heavy atom. The van der Waals surface area contributed by atoms with Crippen LogP contribution in [0.1, 0.15) is 0 Å². The summed E-state index contributed by atoms with van der Waals surface area (Å²) < 4.78 is 202. The maximum absolute atomic E-state index is 14.0. The molecule has 0 amide bonds. The van der Waals surface area contributed by atoms with E-state index in [-0.39, 0.29) is 0 Å². The molecule has 0 saturated carbocycles. The van der Waals surface area contributed by atoms with Crippen LogP contribution in [-0.4, -0.2) is 48.3 Å². The summed E-state index contributed by atoms with van der Waals surface area (Å²) in [5, 5.41) is 0. The molecule has 27 heavy (non-hydrogen) atoms. The molecule has 0 aliphatic carbocycles. The maximum Gasteiger partial charge on any atom is 0.462 e. The van der Waals surface area contributed by atoms with Gasteiger partial charge in [0, 0.05) is 0 Å². The first-order valence-electron chi connectivity index (χ1n) is 5.31. The van der Waals surface area contributed by atoms with Gasteiger partial charge in [0.05, 0.1) is 0 Å². The summed E-state index contributed by atoms with van der Waals surface area (Å²) in [6.45, 7) is -8.25. The van der Waals surface area contributed by atoms with E-state index in [1.54, 1.807) is 0 Å². The molecule has 0 bridgehead atoms. The molecular weight excluding hydrogens is 503 g/mol. The van der Waals surface area contributed by atoms with E-state index in [9.17, 15) is 70.2 Å². The van der Waals surface area contributed by atoms with Crippen LogP contribution in [0.5, 0.6) is 0 Å². The molecule has 0 saturated heterocycles. The van der Waals surface area contributed by atoms with Crippen molar-refractivity contribution in [3.05, 3.63) is 0 Å². The summed E-state index contributed by atoms with van der Waals surface area (Å²) in [4.78, 5) is 0. The topological polar surface area (TPSA) is 9.23 Å². The van der Waals surface area contributed by atoms with Gasteiger partial charge >= 0.3 is 48.3 Å². The van der Waals surface area contributed by atoms with Crippen LogP contribution < -0.4 is 0 Å². The third-order valence-electron chi connectivity index (χ3n) is 2.51. The summed E-state index contributed by atoms with van der Waals surface area (Å²) in [6, 6.07) is 0. The van der Waals surface area contributed by atoms with E-state index in [1.807, 2.05) is 0 Å². The van der Waals surface area contributed by atoms with Crippen molar-refractivity contribution in [2.45, 2.75) is 41.6 Å². The lowest BCUT2D eigenvalue weighted by Crippen LogP contribution is -2.74. The van der Waals surface area contributed by atoms with Crippen LogP contribution in [0.2, 0.25) is 0 Å². The quantitative estimate of drug-likeness (QED) is 0.246. The summed E-state index contributed by atoms with van der Waals surface area (Å²) in [5.41, 5.74) is -7.47. The van der Waals surface area contributed by atoms with E-state index in [0.717, 1.165) is 0 Å². The highest BCUT2D eigenvalue weighted by Gasteiger charge is 2.90. The van der Waals surface area contributed by atoms with Crippen LogP contribution >= 0.6 is 22.2 Å². The highest BCUT2D eigenvalue weighted by Crippen LogP contribution is 2.60. The lowest BCUT2D eigenvalue weighted by molar-refractivity contribution is -0.474. The van der Waals surface area contributed by atoms with Gasteiger partial charge in [-0.15, -0.1) is 22.2 Å². The van der Waals surface area contributed by atoms with E-state index < -0.39 is 48.3 Å². The van der Waals surface area contributed by atoms with Crippen LogP contribution in [0.15, 0.2) is 0 Å². The van der Waals surface area contributed by atoms with Crippen molar-refractivity contribution in [3.8, 4) is 0 Å². The fourth-order valence-corrected chi connectivity index (χ4v) is 3.20. The highest BCUT2D eigenvalue weighted by atomic mass is 35.7. The first kappa shape index (κ1) is 26.6. The summed E-state index contributed by atoms with van der Waals surface area (Å²) in [5.74, 6) is -22.5. The zero-order valence-corrected chi connectivity index (χ0v) is 13.7. The molecule has 164 valence electrons. The molecule has 0 spiro atoms. The molecule has 0 rings (SSSR count).